The summed E-state index contributed by atoms with van der Waals surface area (Å²) in [4.78, 5) is 32.9. The average molecular weight is 310 g/mol. The lowest BCUT2D eigenvalue weighted by molar-refractivity contribution is -0.119. The van der Waals surface area contributed by atoms with Gasteiger partial charge in [0.15, 0.2) is 0 Å². The number of thiophene rings is 1. The van der Waals surface area contributed by atoms with Crippen LogP contribution in [0.3, 0.4) is 0 Å². The van der Waals surface area contributed by atoms with Gasteiger partial charge in [0.2, 0.25) is 5.91 Å². The van der Waals surface area contributed by atoms with E-state index in [0.29, 0.717) is 0 Å². The van der Waals surface area contributed by atoms with Crippen LogP contribution in [0.5, 0.6) is 0 Å². The maximum atomic E-state index is 11.7. The Kier molecular flexibility index (Phi) is 4.56. The molecule has 20 heavy (non-hydrogen) atoms. The number of nitrogens with two attached hydrogens (primary N) is 1. The summed E-state index contributed by atoms with van der Waals surface area (Å²) in [6, 6.07) is 1.19. The van der Waals surface area contributed by atoms with Gasteiger partial charge < -0.3 is 5.73 Å². The van der Waals surface area contributed by atoms with Crippen molar-refractivity contribution in [2.75, 3.05) is 0 Å². The Morgan fingerprint density at radius 3 is 2.90 bits per heavy atom. The number of carbonyl (C=O) groups excluding carboxylic acids is 2. The SMILES string of the molecule is CCc1cc2c(S[C@@H](C)C(=O)NC(N)=O)ncnc2s1. The third-order valence-corrected chi connectivity index (χ3v) is 4.90. The summed E-state index contributed by atoms with van der Waals surface area (Å²) in [7, 11) is 0. The van der Waals surface area contributed by atoms with E-state index in [1.165, 1.54) is 23.0 Å². The van der Waals surface area contributed by atoms with Crippen molar-refractivity contribution in [3.63, 3.8) is 0 Å². The van der Waals surface area contributed by atoms with Crippen LogP contribution in [-0.2, 0) is 11.2 Å². The zero-order valence-corrected chi connectivity index (χ0v) is 12.7. The van der Waals surface area contributed by atoms with Gasteiger partial charge in [-0.1, -0.05) is 18.7 Å². The molecular weight excluding hydrogens is 296 g/mol. The van der Waals surface area contributed by atoms with Crippen LogP contribution in [0.25, 0.3) is 10.2 Å². The van der Waals surface area contributed by atoms with Crippen LogP contribution in [0.15, 0.2) is 17.4 Å². The topological polar surface area (TPSA) is 98.0 Å². The Labute approximate surface area is 124 Å². The van der Waals surface area contributed by atoms with E-state index in [1.54, 1.807) is 18.3 Å². The van der Waals surface area contributed by atoms with Crippen molar-refractivity contribution >= 4 is 45.3 Å². The number of urea groups is 1. The molecule has 3 N–H and O–H groups in total. The average Bonchev–Trinajstić information content (AvgIpc) is 2.82. The van der Waals surface area contributed by atoms with Crippen molar-refractivity contribution in [1.82, 2.24) is 15.3 Å². The first-order valence-corrected chi connectivity index (χ1v) is 7.71. The second kappa shape index (κ2) is 6.19. The minimum absolute atomic E-state index is 0.430. The third kappa shape index (κ3) is 3.26. The molecule has 1 atom stereocenters. The van der Waals surface area contributed by atoms with Crippen molar-refractivity contribution in [1.29, 1.82) is 0 Å². The highest BCUT2D eigenvalue weighted by molar-refractivity contribution is 8.00. The number of amides is 3. The number of imide groups is 1. The Morgan fingerprint density at radius 2 is 2.25 bits per heavy atom. The molecule has 2 aromatic rings. The van der Waals surface area contributed by atoms with Crippen LogP contribution in [0.1, 0.15) is 18.7 Å². The first-order chi connectivity index (χ1) is 9.51. The zero-order chi connectivity index (χ0) is 14.7. The van der Waals surface area contributed by atoms with Crippen molar-refractivity contribution < 1.29 is 9.59 Å². The fraction of sp³-hybridized carbons (Fsp3) is 0.333. The van der Waals surface area contributed by atoms with Crippen LogP contribution in [-0.4, -0.2) is 27.2 Å². The lowest BCUT2D eigenvalue weighted by Gasteiger charge is -2.09. The quantitative estimate of drug-likeness (QED) is 0.664. The van der Waals surface area contributed by atoms with E-state index < -0.39 is 17.2 Å². The van der Waals surface area contributed by atoms with E-state index in [4.69, 9.17) is 5.73 Å². The van der Waals surface area contributed by atoms with Gasteiger partial charge in [-0.15, -0.1) is 11.3 Å². The van der Waals surface area contributed by atoms with Gasteiger partial charge in [-0.25, -0.2) is 14.8 Å². The molecule has 0 fully saturated rings. The number of nitrogens with one attached hydrogen (secondary N) is 1. The molecule has 0 spiro atoms. The number of aryl methyl sites for hydroxylation is 1. The molecule has 0 unspecified atom stereocenters. The number of fused-ring (bicyclic) bond motifs is 1. The van der Waals surface area contributed by atoms with Crippen molar-refractivity contribution in [3.05, 3.63) is 17.3 Å². The second-order valence-corrected chi connectivity index (χ2v) is 6.52. The zero-order valence-electron chi connectivity index (χ0n) is 11.0. The molecule has 106 valence electrons. The molecule has 0 radical (unpaired) electrons. The van der Waals surface area contributed by atoms with Gasteiger partial charge in [-0.3, -0.25) is 10.1 Å². The van der Waals surface area contributed by atoms with Crippen LogP contribution >= 0.6 is 23.1 Å². The van der Waals surface area contributed by atoms with E-state index >= 15 is 0 Å². The first kappa shape index (κ1) is 14.7. The van der Waals surface area contributed by atoms with Gasteiger partial charge in [-0.2, -0.15) is 0 Å². The fourth-order valence-corrected chi connectivity index (χ4v) is 3.49. The lowest BCUT2D eigenvalue weighted by Crippen LogP contribution is -2.39. The molecule has 2 aromatic heterocycles. The Bertz CT molecular complexity index is 656. The van der Waals surface area contributed by atoms with E-state index in [9.17, 15) is 9.59 Å². The van der Waals surface area contributed by atoms with E-state index in [2.05, 4.69) is 22.2 Å². The largest absolute Gasteiger partial charge is 0.351 e. The van der Waals surface area contributed by atoms with E-state index in [-0.39, 0.29) is 0 Å². The predicted octanol–water partition coefficient (Wildman–Crippen LogP) is 1.93. The van der Waals surface area contributed by atoms with E-state index in [0.717, 1.165) is 21.7 Å². The molecule has 3 amide bonds. The standard InChI is InChI=1S/C12H14N4O2S2/c1-3-7-4-8-10(14-5-15-11(8)20-7)19-6(2)9(17)16-12(13)18/h4-6H,3H2,1-2H3,(H3,13,16,17,18)/t6-/m0/s1. The van der Waals surface area contributed by atoms with Crippen molar-refractivity contribution in [2.24, 2.45) is 5.73 Å². The summed E-state index contributed by atoms with van der Waals surface area (Å²) in [5.41, 5.74) is 4.93. The van der Waals surface area contributed by atoms with Gasteiger partial charge >= 0.3 is 6.03 Å². The number of primary amides is 1. The molecule has 0 bridgehead atoms. The van der Waals surface area contributed by atoms with Gasteiger partial charge in [0.25, 0.3) is 0 Å². The van der Waals surface area contributed by atoms with Gasteiger partial charge in [0.1, 0.15) is 16.2 Å². The molecule has 0 aliphatic carbocycles. The first-order valence-electron chi connectivity index (χ1n) is 6.01. The Hall–Kier alpha value is -1.67. The summed E-state index contributed by atoms with van der Waals surface area (Å²) >= 11 is 2.90. The molecule has 2 rings (SSSR count). The lowest BCUT2D eigenvalue weighted by atomic mass is 10.3. The number of aromatic nitrogens is 2. The van der Waals surface area contributed by atoms with Gasteiger partial charge in [0, 0.05) is 10.3 Å². The number of nitrogens with zero attached hydrogens (tertiary/aromatic N) is 2. The predicted molar refractivity (Wildman–Crippen MR) is 79.8 cm³/mol. The maximum absolute atomic E-state index is 11.7. The second-order valence-electron chi connectivity index (χ2n) is 4.08. The molecule has 6 nitrogen and oxygen atoms in total. The third-order valence-electron chi connectivity index (χ3n) is 2.60. The summed E-state index contributed by atoms with van der Waals surface area (Å²) in [5.74, 6) is -0.430. The Morgan fingerprint density at radius 1 is 1.50 bits per heavy atom. The maximum Gasteiger partial charge on any atom is 0.318 e. The number of rotatable bonds is 4. The minimum atomic E-state index is -0.848. The highest BCUT2D eigenvalue weighted by atomic mass is 32.2. The molecule has 0 saturated carbocycles. The highest BCUT2D eigenvalue weighted by Gasteiger charge is 2.18. The monoisotopic (exact) mass is 310 g/mol. The minimum Gasteiger partial charge on any atom is -0.351 e. The van der Waals surface area contributed by atoms with Gasteiger partial charge in [0.05, 0.1) is 5.25 Å². The van der Waals surface area contributed by atoms with E-state index in [1.807, 2.05) is 6.07 Å². The number of hydrogen-bond donors (Lipinski definition) is 2. The molecular formula is C12H14N4O2S2. The smallest absolute Gasteiger partial charge is 0.318 e. The van der Waals surface area contributed by atoms with Gasteiger partial charge in [-0.05, 0) is 19.4 Å². The number of hydrogen-bond acceptors (Lipinski definition) is 6. The number of carbonyl (C=O) groups is 2. The normalized spacial score (nSPS) is 12.3. The Balaban J connectivity index is 2.22. The summed E-state index contributed by atoms with van der Waals surface area (Å²) < 4.78 is 0. The molecule has 2 heterocycles. The van der Waals surface area contributed by atoms with Crippen LogP contribution in [0.4, 0.5) is 4.79 Å². The summed E-state index contributed by atoms with van der Waals surface area (Å²) in [6.07, 6.45) is 2.42. The van der Waals surface area contributed by atoms with Crippen LogP contribution < -0.4 is 11.1 Å². The van der Waals surface area contributed by atoms with Crippen LogP contribution in [0.2, 0.25) is 0 Å². The molecule has 0 aliphatic rings. The highest BCUT2D eigenvalue weighted by Crippen LogP contribution is 2.32. The van der Waals surface area contributed by atoms with Crippen molar-refractivity contribution in [2.45, 2.75) is 30.5 Å². The molecule has 8 heteroatoms. The fourth-order valence-electron chi connectivity index (χ4n) is 1.60. The summed E-state index contributed by atoms with van der Waals surface area (Å²) in [5, 5.41) is 3.28. The molecule has 0 aromatic carbocycles. The molecule has 0 saturated heterocycles. The van der Waals surface area contributed by atoms with Crippen molar-refractivity contribution in [3.8, 4) is 0 Å². The summed E-state index contributed by atoms with van der Waals surface area (Å²) in [6.45, 7) is 3.78. The molecule has 0 aliphatic heterocycles. The number of thioether (sulfide) groups is 1. The van der Waals surface area contributed by atoms with Crippen LogP contribution in [0, 0.1) is 0 Å².